The number of aliphatic carboxylic acids is 1. The Labute approximate surface area is 151 Å². The maximum absolute atomic E-state index is 10.6. The summed E-state index contributed by atoms with van der Waals surface area (Å²) in [5.74, 6) is -1.23. The lowest BCUT2D eigenvalue weighted by atomic mass is 9.88. The Bertz CT molecular complexity index is 432. The van der Waals surface area contributed by atoms with Crippen LogP contribution in [0.15, 0.2) is 24.3 Å². The molecule has 144 valence electrons. The first kappa shape index (κ1) is 21.9. The summed E-state index contributed by atoms with van der Waals surface area (Å²) in [6, 6.07) is 0. The van der Waals surface area contributed by atoms with Crippen molar-refractivity contribution in [1.29, 1.82) is 0 Å². The topological polar surface area (TPSA) is 98.0 Å². The van der Waals surface area contributed by atoms with Crippen molar-refractivity contribution in [2.45, 2.75) is 83.0 Å². The van der Waals surface area contributed by atoms with Gasteiger partial charge in [-0.1, -0.05) is 44.1 Å². The van der Waals surface area contributed by atoms with Crippen molar-refractivity contribution >= 4 is 5.97 Å². The summed E-state index contributed by atoms with van der Waals surface area (Å²) in [5.41, 5.74) is 0. The van der Waals surface area contributed by atoms with Gasteiger partial charge >= 0.3 is 5.97 Å². The lowest BCUT2D eigenvalue weighted by Crippen LogP contribution is -2.21. The Kier molecular flexibility index (Phi) is 10.7. The molecule has 0 amide bonds. The average molecular weight is 354 g/mol. The van der Waals surface area contributed by atoms with Crippen LogP contribution in [0.5, 0.6) is 0 Å². The number of hydrogen-bond donors (Lipinski definition) is 4. The van der Waals surface area contributed by atoms with Crippen LogP contribution in [-0.2, 0) is 4.79 Å². The van der Waals surface area contributed by atoms with Crippen LogP contribution in [0.2, 0.25) is 0 Å². The van der Waals surface area contributed by atoms with Crippen LogP contribution in [0.1, 0.15) is 64.7 Å². The minimum absolute atomic E-state index is 0.0706. The number of unbranched alkanes of at least 4 members (excludes halogenated alkanes) is 3. The van der Waals surface area contributed by atoms with E-state index in [1.807, 2.05) is 6.08 Å². The highest BCUT2D eigenvalue weighted by Crippen LogP contribution is 2.37. The first-order valence-corrected chi connectivity index (χ1v) is 9.55. The maximum Gasteiger partial charge on any atom is 0.303 e. The molecule has 1 aliphatic rings. The van der Waals surface area contributed by atoms with E-state index >= 15 is 0 Å². The van der Waals surface area contributed by atoms with Gasteiger partial charge in [-0.3, -0.25) is 4.79 Å². The normalized spacial score (nSPS) is 28.2. The van der Waals surface area contributed by atoms with Crippen molar-refractivity contribution in [2.75, 3.05) is 0 Å². The van der Waals surface area contributed by atoms with Crippen LogP contribution in [0.4, 0.5) is 0 Å². The molecule has 0 saturated heterocycles. The van der Waals surface area contributed by atoms with Gasteiger partial charge in [-0.2, -0.15) is 0 Å². The van der Waals surface area contributed by atoms with Crippen molar-refractivity contribution in [3.63, 3.8) is 0 Å². The Morgan fingerprint density at radius 1 is 1.16 bits per heavy atom. The van der Waals surface area contributed by atoms with Gasteiger partial charge in [0, 0.05) is 18.8 Å². The molecule has 1 aliphatic carbocycles. The fourth-order valence-electron chi connectivity index (χ4n) is 3.47. The number of carbonyl (C=O) groups is 1. The van der Waals surface area contributed by atoms with Gasteiger partial charge < -0.3 is 20.4 Å². The minimum atomic E-state index is -0.846. The van der Waals surface area contributed by atoms with E-state index in [-0.39, 0.29) is 18.3 Å². The van der Waals surface area contributed by atoms with Gasteiger partial charge in [0.05, 0.1) is 18.3 Å². The average Bonchev–Trinajstić information content (AvgIpc) is 2.82. The van der Waals surface area contributed by atoms with E-state index in [0.29, 0.717) is 25.7 Å². The molecule has 0 bridgehead atoms. The molecule has 0 heterocycles. The van der Waals surface area contributed by atoms with Crippen LogP contribution in [0.3, 0.4) is 0 Å². The molecule has 0 aromatic carbocycles. The Balaban J connectivity index is 2.44. The number of carboxylic acids is 1. The summed E-state index contributed by atoms with van der Waals surface area (Å²) >= 11 is 0. The second-order valence-corrected chi connectivity index (χ2v) is 7.05. The van der Waals surface area contributed by atoms with Crippen LogP contribution in [-0.4, -0.2) is 44.7 Å². The van der Waals surface area contributed by atoms with Gasteiger partial charge in [0.25, 0.3) is 0 Å². The zero-order valence-corrected chi connectivity index (χ0v) is 15.3. The van der Waals surface area contributed by atoms with E-state index in [4.69, 9.17) is 5.11 Å². The summed E-state index contributed by atoms with van der Waals surface area (Å²) in [7, 11) is 0. The molecule has 0 spiro atoms. The Hall–Kier alpha value is -1.17. The van der Waals surface area contributed by atoms with Gasteiger partial charge in [-0.15, -0.1) is 0 Å². The third-order valence-electron chi connectivity index (χ3n) is 4.92. The third kappa shape index (κ3) is 8.66. The van der Waals surface area contributed by atoms with E-state index in [2.05, 4.69) is 13.0 Å². The summed E-state index contributed by atoms with van der Waals surface area (Å²) in [6.07, 6.45) is 12.3. The number of carboxylic acid groups (broad SMARTS) is 1. The van der Waals surface area contributed by atoms with Crippen molar-refractivity contribution in [3.05, 3.63) is 24.3 Å². The lowest BCUT2D eigenvalue weighted by molar-refractivity contribution is -0.137. The van der Waals surface area contributed by atoms with Gasteiger partial charge in [0.15, 0.2) is 0 Å². The highest BCUT2D eigenvalue weighted by Gasteiger charge is 2.39. The molecule has 0 unspecified atom stereocenters. The molecule has 5 nitrogen and oxygen atoms in total. The highest BCUT2D eigenvalue weighted by atomic mass is 16.4. The monoisotopic (exact) mass is 354 g/mol. The minimum Gasteiger partial charge on any atom is -0.481 e. The van der Waals surface area contributed by atoms with Crippen LogP contribution < -0.4 is 0 Å². The van der Waals surface area contributed by atoms with E-state index in [1.165, 1.54) is 19.3 Å². The molecule has 5 atom stereocenters. The molecule has 1 saturated carbocycles. The Morgan fingerprint density at radius 3 is 2.60 bits per heavy atom. The first-order valence-electron chi connectivity index (χ1n) is 9.55. The zero-order valence-electron chi connectivity index (χ0n) is 15.3. The maximum atomic E-state index is 10.6. The van der Waals surface area contributed by atoms with E-state index in [9.17, 15) is 20.1 Å². The van der Waals surface area contributed by atoms with E-state index in [1.54, 1.807) is 12.2 Å². The summed E-state index contributed by atoms with van der Waals surface area (Å²) in [4.78, 5) is 10.6. The molecule has 1 fully saturated rings. The molecular formula is C20H34O5. The number of allylic oxidation sites excluding steroid dienone is 1. The largest absolute Gasteiger partial charge is 0.481 e. The molecule has 5 heteroatoms. The summed E-state index contributed by atoms with van der Waals surface area (Å²) < 4.78 is 0. The molecule has 0 aromatic rings. The molecule has 0 aliphatic heterocycles. The molecule has 1 rings (SSSR count). The lowest BCUT2D eigenvalue weighted by Gasteiger charge is -2.20. The highest BCUT2D eigenvalue weighted by molar-refractivity contribution is 5.66. The second-order valence-electron chi connectivity index (χ2n) is 7.05. The van der Waals surface area contributed by atoms with Crippen molar-refractivity contribution in [1.82, 2.24) is 0 Å². The number of aliphatic hydroxyl groups is 3. The van der Waals surface area contributed by atoms with Crippen molar-refractivity contribution < 1.29 is 25.2 Å². The molecule has 25 heavy (non-hydrogen) atoms. The number of rotatable bonds is 12. The van der Waals surface area contributed by atoms with Gasteiger partial charge in [-0.25, -0.2) is 0 Å². The third-order valence-corrected chi connectivity index (χ3v) is 4.92. The molecule has 4 N–H and O–H groups in total. The van der Waals surface area contributed by atoms with Crippen LogP contribution in [0, 0.1) is 11.8 Å². The molecule has 0 aromatic heterocycles. The fourth-order valence-corrected chi connectivity index (χ4v) is 3.47. The second kappa shape index (κ2) is 12.2. The summed E-state index contributed by atoms with van der Waals surface area (Å²) in [5, 5.41) is 39.0. The SMILES string of the molecule is CCCCC/C=C\C[C@H](O)/C=C/[C@@H]1[C@H](CCCC(=O)O)[C@H](O)C[C@@H]1O. The molecule has 0 radical (unpaired) electrons. The quantitative estimate of drug-likeness (QED) is 0.319. The predicted octanol–water partition coefficient (Wildman–Crippen LogP) is 3.04. The van der Waals surface area contributed by atoms with Gasteiger partial charge in [0.1, 0.15) is 0 Å². The predicted molar refractivity (Wildman–Crippen MR) is 98.1 cm³/mol. The van der Waals surface area contributed by atoms with Gasteiger partial charge in [0.2, 0.25) is 0 Å². The van der Waals surface area contributed by atoms with Crippen molar-refractivity contribution in [2.24, 2.45) is 11.8 Å². The molecular weight excluding hydrogens is 320 g/mol. The smallest absolute Gasteiger partial charge is 0.303 e. The summed E-state index contributed by atoms with van der Waals surface area (Å²) in [6.45, 7) is 2.17. The van der Waals surface area contributed by atoms with Crippen LogP contribution in [0.25, 0.3) is 0 Å². The standard InChI is InChI=1S/C20H34O5/c1-2-3-4-5-6-7-9-15(21)12-13-17-16(10-8-11-20(24)25)18(22)14-19(17)23/h6-7,12-13,15-19,21-23H,2-5,8-11,14H2,1H3,(H,24,25)/b7-6-,13-12+/t15-,16-,17+,18+,19-/m0/s1. The fraction of sp³-hybridized carbons (Fsp3) is 0.750. The first-order chi connectivity index (χ1) is 12.0. The van der Waals surface area contributed by atoms with Gasteiger partial charge in [-0.05, 0) is 38.0 Å². The van der Waals surface area contributed by atoms with Crippen LogP contribution >= 0.6 is 0 Å². The van der Waals surface area contributed by atoms with E-state index < -0.39 is 24.3 Å². The number of aliphatic hydroxyl groups excluding tert-OH is 3. The van der Waals surface area contributed by atoms with E-state index in [0.717, 1.165) is 6.42 Å². The zero-order chi connectivity index (χ0) is 18.7. The van der Waals surface area contributed by atoms with Crippen molar-refractivity contribution in [3.8, 4) is 0 Å². The Morgan fingerprint density at radius 2 is 1.92 bits per heavy atom. The number of hydrogen-bond acceptors (Lipinski definition) is 4.